The van der Waals surface area contributed by atoms with Crippen LogP contribution >= 0.6 is 0 Å². The van der Waals surface area contributed by atoms with Crippen molar-refractivity contribution >= 4 is 0 Å². The van der Waals surface area contributed by atoms with Crippen LogP contribution in [-0.2, 0) is 9.47 Å². The lowest BCUT2D eigenvalue weighted by Crippen LogP contribution is -2.32. The van der Waals surface area contributed by atoms with Crippen LogP contribution in [0.2, 0.25) is 0 Å². The molecule has 0 aromatic carbocycles. The van der Waals surface area contributed by atoms with Crippen LogP contribution in [0.15, 0.2) is 0 Å². The molecule has 0 amide bonds. The molecule has 2 atom stereocenters. The van der Waals surface area contributed by atoms with Gasteiger partial charge in [0.25, 0.3) is 0 Å². The molecule has 0 spiro atoms. The summed E-state index contributed by atoms with van der Waals surface area (Å²) in [5, 5.41) is 9.29. The Balaban J connectivity index is 1.59. The molecule has 2 heterocycles. The average Bonchev–Trinajstić information content (AvgIpc) is 2.74. The number of nitrogens with zero attached hydrogens (tertiary/aromatic N) is 1. The first-order valence-corrected chi connectivity index (χ1v) is 6.78. The van der Waals surface area contributed by atoms with Crippen molar-refractivity contribution in [1.82, 2.24) is 4.90 Å². The molecule has 0 radical (unpaired) electrons. The van der Waals surface area contributed by atoms with Crippen LogP contribution in [-0.4, -0.2) is 55.8 Å². The van der Waals surface area contributed by atoms with Crippen LogP contribution in [0.5, 0.6) is 0 Å². The lowest BCUT2D eigenvalue weighted by atomic mass is 9.91. The SMILES string of the molecule is CC1(CO)CCN(CCOC2CCCCO2)C1. The molecule has 2 aliphatic heterocycles. The maximum Gasteiger partial charge on any atom is 0.157 e. The highest BCUT2D eigenvalue weighted by atomic mass is 16.7. The molecule has 0 aromatic rings. The molecule has 0 bridgehead atoms. The van der Waals surface area contributed by atoms with Crippen LogP contribution in [0.4, 0.5) is 0 Å². The van der Waals surface area contributed by atoms with Crippen molar-refractivity contribution in [2.45, 2.75) is 38.9 Å². The molecule has 2 rings (SSSR count). The predicted octanol–water partition coefficient (Wildman–Crippen LogP) is 1.23. The van der Waals surface area contributed by atoms with E-state index in [2.05, 4.69) is 11.8 Å². The van der Waals surface area contributed by atoms with Crippen LogP contribution in [0.1, 0.15) is 32.6 Å². The zero-order valence-corrected chi connectivity index (χ0v) is 10.9. The summed E-state index contributed by atoms with van der Waals surface area (Å²) in [6.07, 6.45) is 4.53. The summed E-state index contributed by atoms with van der Waals surface area (Å²) in [6, 6.07) is 0. The lowest BCUT2D eigenvalue weighted by molar-refractivity contribution is -0.164. The van der Waals surface area contributed by atoms with Gasteiger partial charge >= 0.3 is 0 Å². The first-order valence-electron chi connectivity index (χ1n) is 6.78. The Bertz CT molecular complexity index is 231. The first kappa shape index (κ1) is 13.3. The molecule has 2 aliphatic rings. The minimum absolute atomic E-state index is 0.0237. The van der Waals surface area contributed by atoms with Crippen molar-refractivity contribution in [3.05, 3.63) is 0 Å². The molecular formula is C13H25NO3. The van der Waals surface area contributed by atoms with Crippen LogP contribution < -0.4 is 0 Å². The van der Waals surface area contributed by atoms with E-state index in [9.17, 15) is 5.11 Å². The molecular weight excluding hydrogens is 218 g/mol. The van der Waals surface area contributed by atoms with Gasteiger partial charge in [-0.05, 0) is 32.2 Å². The van der Waals surface area contributed by atoms with E-state index in [1.54, 1.807) is 0 Å². The summed E-state index contributed by atoms with van der Waals surface area (Å²) in [4.78, 5) is 2.37. The third-order valence-corrected chi connectivity index (χ3v) is 3.87. The van der Waals surface area contributed by atoms with Crippen molar-refractivity contribution in [1.29, 1.82) is 0 Å². The molecule has 0 aliphatic carbocycles. The highest BCUT2D eigenvalue weighted by molar-refractivity contribution is 4.85. The number of hydrogen-bond acceptors (Lipinski definition) is 4. The van der Waals surface area contributed by atoms with E-state index in [4.69, 9.17) is 9.47 Å². The Labute approximate surface area is 104 Å². The highest BCUT2D eigenvalue weighted by Crippen LogP contribution is 2.28. The molecule has 1 N–H and O–H groups in total. The Morgan fingerprint density at radius 2 is 2.35 bits per heavy atom. The van der Waals surface area contributed by atoms with Crippen molar-refractivity contribution in [3.63, 3.8) is 0 Å². The monoisotopic (exact) mass is 243 g/mol. The minimum Gasteiger partial charge on any atom is -0.396 e. The first-order chi connectivity index (χ1) is 8.22. The van der Waals surface area contributed by atoms with E-state index >= 15 is 0 Å². The normalized spacial score (nSPS) is 35.3. The maximum atomic E-state index is 9.29. The fourth-order valence-corrected chi connectivity index (χ4v) is 2.60. The van der Waals surface area contributed by atoms with Crippen LogP contribution in [0.3, 0.4) is 0 Å². The van der Waals surface area contributed by atoms with Crippen LogP contribution in [0, 0.1) is 5.41 Å². The smallest absolute Gasteiger partial charge is 0.157 e. The molecule has 17 heavy (non-hydrogen) atoms. The molecule has 0 aromatic heterocycles. The van der Waals surface area contributed by atoms with Gasteiger partial charge in [-0.2, -0.15) is 0 Å². The molecule has 4 heteroatoms. The number of hydrogen-bond donors (Lipinski definition) is 1. The van der Waals surface area contributed by atoms with Gasteiger partial charge < -0.3 is 19.5 Å². The van der Waals surface area contributed by atoms with Gasteiger partial charge in [-0.3, -0.25) is 0 Å². The molecule has 100 valence electrons. The lowest BCUT2D eigenvalue weighted by Gasteiger charge is -2.25. The summed E-state index contributed by atoms with van der Waals surface area (Å²) < 4.78 is 11.2. The number of aliphatic hydroxyl groups excluding tert-OH is 1. The van der Waals surface area contributed by atoms with E-state index in [0.717, 1.165) is 45.7 Å². The second-order valence-corrected chi connectivity index (χ2v) is 5.66. The topological polar surface area (TPSA) is 41.9 Å². The van der Waals surface area contributed by atoms with Crippen LogP contribution in [0.25, 0.3) is 0 Å². The minimum atomic E-state index is 0.0237. The third-order valence-electron chi connectivity index (χ3n) is 3.87. The van der Waals surface area contributed by atoms with Crippen molar-refractivity contribution < 1.29 is 14.6 Å². The van der Waals surface area contributed by atoms with Crippen molar-refractivity contribution in [3.8, 4) is 0 Å². The number of rotatable bonds is 5. The maximum absolute atomic E-state index is 9.29. The van der Waals surface area contributed by atoms with E-state index in [1.807, 2.05) is 0 Å². The van der Waals surface area contributed by atoms with E-state index in [0.29, 0.717) is 0 Å². The second kappa shape index (κ2) is 6.14. The molecule has 4 nitrogen and oxygen atoms in total. The Morgan fingerprint density at radius 3 is 3.00 bits per heavy atom. The fourth-order valence-electron chi connectivity index (χ4n) is 2.60. The quantitative estimate of drug-likeness (QED) is 0.788. The third kappa shape index (κ3) is 3.91. The standard InChI is InChI=1S/C13H25NO3/c1-13(11-15)5-6-14(10-13)7-9-17-12-4-2-3-8-16-12/h12,15H,2-11H2,1H3. The molecule has 2 unspecified atom stereocenters. The average molecular weight is 243 g/mol. The van der Waals surface area contributed by atoms with Gasteiger partial charge in [0.15, 0.2) is 6.29 Å². The predicted molar refractivity (Wildman–Crippen MR) is 65.8 cm³/mol. The largest absolute Gasteiger partial charge is 0.396 e. The van der Waals surface area contributed by atoms with Gasteiger partial charge in [0.1, 0.15) is 0 Å². The Hall–Kier alpha value is -0.160. The highest BCUT2D eigenvalue weighted by Gasteiger charge is 2.32. The van der Waals surface area contributed by atoms with Gasteiger partial charge in [-0.15, -0.1) is 0 Å². The van der Waals surface area contributed by atoms with E-state index < -0.39 is 0 Å². The Kier molecular flexibility index (Phi) is 4.79. The summed E-state index contributed by atoms with van der Waals surface area (Å²) in [5.41, 5.74) is 0.0986. The summed E-state index contributed by atoms with van der Waals surface area (Å²) in [7, 11) is 0. The number of aliphatic hydroxyl groups is 1. The van der Waals surface area contributed by atoms with Crippen molar-refractivity contribution in [2.75, 3.05) is 39.5 Å². The zero-order chi connectivity index (χ0) is 12.1. The van der Waals surface area contributed by atoms with Gasteiger partial charge in [-0.1, -0.05) is 6.92 Å². The van der Waals surface area contributed by atoms with Crippen molar-refractivity contribution in [2.24, 2.45) is 5.41 Å². The summed E-state index contributed by atoms with van der Waals surface area (Å²) in [5.74, 6) is 0. The molecule has 2 saturated heterocycles. The number of likely N-dealkylation sites (tertiary alicyclic amines) is 1. The second-order valence-electron chi connectivity index (χ2n) is 5.66. The molecule has 0 saturated carbocycles. The molecule has 2 fully saturated rings. The summed E-state index contributed by atoms with van der Waals surface area (Å²) >= 11 is 0. The number of ether oxygens (including phenoxy) is 2. The Morgan fingerprint density at radius 1 is 1.47 bits per heavy atom. The van der Waals surface area contributed by atoms with Gasteiger partial charge in [0.2, 0.25) is 0 Å². The van der Waals surface area contributed by atoms with E-state index in [1.165, 1.54) is 12.8 Å². The van der Waals surface area contributed by atoms with Gasteiger partial charge in [0, 0.05) is 31.7 Å². The summed E-state index contributed by atoms with van der Waals surface area (Å²) in [6.45, 7) is 7.04. The van der Waals surface area contributed by atoms with Gasteiger partial charge in [0.05, 0.1) is 6.61 Å². The zero-order valence-electron chi connectivity index (χ0n) is 10.9. The van der Waals surface area contributed by atoms with E-state index in [-0.39, 0.29) is 18.3 Å². The fraction of sp³-hybridized carbons (Fsp3) is 1.00. The van der Waals surface area contributed by atoms with Gasteiger partial charge in [-0.25, -0.2) is 0 Å².